The number of thioether (sulfide) groups is 1. The Morgan fingerprint density at radius 3 is 2.34 bits per heavy atom. The molecule has 0 bridgehead atoms. The van der Waals surface area contributed by atoms with Crippen molar-refractivity contribution < 1.29 is 9.18 Å². The van der Waals surface area contributed by atoms with E-state index in [9.17, 15) is 9.18 Å². The first kappa shape index (κ1) is 24.9. The number of halogens is 2. The van der Waals surface area contributed by atoms with Gasteiger partial charge in [0, 0.05) is 11.4 Å². The van der Waals surface area contributed by atoms with Crippen LogP contribution in [0.1, 0.15) is 35.5 Å². The minimum absolute atomic E-state index is 0.267. The first-order valence-electron chi connectivity index (χ1n) is 11.3. The van der Waals surface area contributed by atoms with Crippen molar-refractivity contribution in [3.05, 3.63) is 107 Å². The number of rotatable bonds is 9. The van der Waals surface area contributed by atoms with Crippen molar-refractivity contribution in [3.8, 4) is 5.69 Å². The van der Waals surface area contributed by atoms with Gasteiger partial charge in [0.2, 0.25) is 5.91 Å². The smallest absolute Gasteiger partial charge is 0.238 e. The number of carbonyl (C=O) groups is 1. The summed E-state index contributed by atoms with van der Waals surface area (Å²) >= 11 is 7.59. The van der Waals surface area contributed by atoms with E-state index in [1.165, 1.54) is 23.9 Å². The number of aryl methyl sites for hydroxylation is 1. The van der Waals surface area contributed by atoms with E-state index >= 15 is 0 Å². The van der Waals surface area contributed by atoms with Crippen molar-refractivity contribution in [2.24, 2.45) is 0 Å². The molecule has 1 heterocycles. The predicted molar refractivity (Wildman–Crippen MR) is 138 cm³/mol. The van der Waals surface area contributed by atoms with Gasteiger partial charge in [-0.05, 0) is 55.7 Å². The van der Waals surface area contributed by atoms with Crippen LogP contribution in [0, 0.1) is 12.7 Å². The van der Waals surface area contributed by atoms with Gasteiger partial charge in [-0.25, -0.2) is 4.39 Å². The molecular weight excluding hydrogens is 483 g/mol. The van der Waals surface area contributed by atoms with Crippen LogP contribution < -0.4 is 5.32 Å². The molecule has 8 heteroatoms. The highest BCUT2D eigenvalue weighted by molar-refractivity contribution is 7.98. The molecule has 3 aromatic carbocycles. The van der Waals surface area contributed by atoms with Gasteiger partial charge in [-0.3, -0.25) is 9.36 Å². The Morgan fingerprint density at radius 1 is 1.00 bits per heavy atom. The summed E-state index contributed by atoms with van der Waals surface area (Å²) in [7, 11) is 0. The van der Waals surface area contributed by atoms with Crippen molar-refractivity contribution >= 4 is 29.3 Å². The number of carbonyl (C=O) groups excluding carboxylic acids is 1. The van der Waals surface area contributed by atoms with Crippen LogP contribution in [0.4, 0.5) is 4.39 Å². The zero-order valence-corrected chi connectivity index (χ0v) is 21.1. The lowest BCUT2D eigenvalue weighted by atomic mass is 10.0. The largest absolute Gasteiger partial charge is 0.344 e. The lowest BCUT2D eigenvalue weighted by Crippen LogP contribution is -2.35. The van der Waals surface area contributed by atoms with Crippen molar-refractivity contribution in [3.63, 3.8) is 0 Å². The third-order valence-corrected chi connectivity index (χ3v) is 6.70. The molecule has 0 fully saturated rings. The van der Waals surface area contributed by atoms with Crippen LogP contribution in [0.25, 0.3) is 5.69 Å². The number of nitrogens with one attached hydrogen (secondary N) is 1. The van der Waals surface area contributed by atoms with Gasteiger partial charge in [-0.15, -0.1) is 21.8 Å². The Balaban J connectivity index is 1.72. The maximum atomic E-state index is 13.3. The number of aromatic nitrogens is 3. The molecule has 0 aliphatic carbocycles. The van der Waals surface area contributed by atoms with Crippen LogP contribution in [-0.4, -0.2) is 26.0 Å². The summed E-state index contributed by atoms with van der Waals surface area (Å²) in [5.41, 5.74) is 4.05. The average Bonchev–Trinajstić information content (AvgIpc) is 3.28. The number of hydrogen-bond acceptors (Lipinski definition) is 4. The van der Waals surface area contributed by atoms with Gasteiger partial charge < -0.3 is 5.32 Å². The molecule has 0 aliphatic rings. The van der Waals surface area contributed by atoms with E-state index in [4.69, 9.17) is 11.6 Å². The Labute approximate surface area is 213 Å². The molecule has 0 spiro atoms. The second kappa shape index (κ2) is 11.5. The Kier molecular flexibility index (Phi) is 8.21. The minimum Gasteiger partial charge on any atom is -0.344 e. The molecule has 5 nitrogen and oxygen atoms in total. The normalized spacial score (nSPS) is 12.8. The van der Waals surface area contributed by atoms with Crippen LogP contribution in [0.5, 0.6) is 0 Å². The third kappa shape index (κ3) is 6.50. The van der Waals surface area contributed by atoms with Crippen molar-refractivity contribution in [1.29, 1.82) is 0 Å². The molecule has 1 aromatic heterocycles. The molecular formula is C27H26ClFN4OS. The maximum absolute atomic E-state index is 13.3. The highest BCUT2D eigenvalue weighted by Crippen LogP contribution is 2.29. The van der Waals surface area contributed by atoms with Gasteiger partial charge in [0.05, 0.1) is 6.04 Å². The molecule has 0 saturated heterocycles. The van der Waals surface area contributed by atoms with Crippen molar-refractivity contribution in [2.45, 2.75) is 42.6 Å². The maximum Gasteiger partial charge on any atom is 0.238 e. The van der Waals surface area contributed by atoms with E-state index in [2.05, 4.69) is 15.5 Å². The first-order valence-corrected chi connectivity index (χ1v) is 12.7. The van der Waals surface area contributed by atoms with Crippen molar-refractivity contribution in [2.75, 3.05) is 0 Å². The number of amides is 1. The molecule has 0 aliphatic heterocycles. The van der Waals surface area contributed by atoms with E-state index in [1.807, 2.05) is 66.1 Å². The average molecular weight is 509 g/mol. The SMILES string of the molecule is Cc1ccc(-n2c(SCc3ccc(F)cc3)nnc2C(Cc2ccccc2)NC(=O)C(C)Cl)cc1. The van der Waals surface area contributed by atoms with Gasteiger partial charge >= 0.3 is 0 Å². The number of hydrogen-bond donors (Lipinski definition) is 1. The van der Waals surface area contributed by atoms with Crippen LogP contribution in [0.15, 0.2) is 84.0 Å². The molecule has 1 N–H and O–H groups in total. The number of nitrogens with zero attached hydrogens (tertiary/aromatic N) is 3. The summed E-state index contributed by atoms with van der Waals surface area (Å²) in [6, 6.07) is 24.0. The van der Waals surface area contributed by atoms with Crippen molar-refractivity contribution in [1.82, 2.24) is 20.1 Å². The monoisotopic (exact) mass is 508 g/mol. The molecule has 2 unspecified atom stereocenters. The molecule has 0 saturated carbocycles. The molecule has 4 aromatic rings. The summed E-state index contributed by atoms with van der Waals surface area (Å²) in [5.74, 6) is 0.673. The van der Waals surface area contributed by atoms with E-state index in [0.29, 0.717) is 23.2 Å². The molecule has 35 heavy (non-hydrogen) atoms. The number of benzene rings is 3. The van der Waals surface area contributed by atoms with E-state index in [1.54, 1.807) is 19.1 Å². The fraction of sp³-hybridized carbons (Fsp3) is 0.222. The van der Waals surface area contributed by atoms with Crippen LogP contribution in [0.2, 0.25) is 0 Å². The fourth-order valence-corrected chi connectivity index (χ4v) is 4.59. The fourth-order valence-electron chi connectivity index (χ4n) is 3.61. The summed E-state index contributed by atoms with van der Waals surface area (Å²) < 4.78 is 15.3. The highest BCUT2D eigenvalue weighted by atomic mass is 35.5. The second-order valence-corrected chi connectivity index (χ2v) is 9.89. The lowest BCUT2D eigenvalue weighted by Gasteiger charge is -2.21. The van der Waals surface area contributed by atoms with Crippen LogP contribution >= 0.6 is 23.4 Å². The zero-order chi connectivity index (χ0) is 24.8. The standard InChI is InChI=1S/C27H26ClFN4OS/c1-18-8-14-23(15-9-18)33-25(31-32-27(33)35-17-21-10-12-22(29)13-11-21)24(30-26(34)19(2)28)16-20-6-4-3-5-7-20/h3-15,19,24H,16-17H2,1-2H3,(H,30,34). The summed E-state index contributed by atoms with van der Waals surface area (Å²) in [6.07, 6.45) is 0.531. The van der Waals surface area contributed by atoms with E-state index < -0.39 is 11.4 Å². The molecule has 180 valence electrons. The molecule has 0 radical (unpaired) electrons. The van der Waals surface area contributed by atoms with Gasteiger partial charge in [0.15, 0.2) is 11.0 Å². The van der Waals surface area contributed by atoms with E-state index in [-0.39, 0.29) is 11.7 Å². The molecule has 4 rings (SSSR count). The van der Waals surface area contributed by atoms with Gasteiger partial charge in [0.25, 0.3) is 0 Å². The lowest BCUT2D eigenvalue weighted by molar-refractivity contribution is -0.121. The predicted octanol–water partition coefficient (Wildman–Crippen LogP) is 6.03. The third-order valence-electron chi connectivity index (χ3n) is 5.50. The summed E-state index contributed by atoms with van der Waals surface area (Å²) in [6.45, 7) is 3.67. The Morgan fingerprint density at radius 2 is 1.69 bits per heavy atom. The number of alkyl halides is 1. The first-order chi connectivity index (χ1) is 16.9. The van der Waals surface area contributed by atoms with Gasteiger partial charge in [-0.1, -0.05) is 71.9 Å². The second-order valence-electron chi connectivity index (χ2n) is 8.29. The van der Waals surface area contributed by atoms with Crippen LogP contribution in [0.3, 0.4) is 0 Å². The summed E-state index contributed by atoms with van der Waals surface area (Å²) in [5, 5.41) is 12.1. The highest BCUT2D eigenvalue weighted by Gasteiger charge is 2.26. The topological polar surface area (TPSA) is 59.8 Å². The molecule has 1 amide bonds. The Bertz CT molecular complexity index is 1260. The van der Waals surface area contributed by atoms with E-state index in [0.717, 1.165) is 22.4 Å². The molecule has 2 atom stereocenters. The van der Waals surface area contributed by atoms with Gasteiger partial charge in [-0.2, -0.15) is 0 Å². The van der Waals surface area contributed by atoms with Crippen LogP contribution in [-0.2, 0) is 17.0 Å². The quantitative estimate of drug-likeness (QED) is 0.221. The summed E-state index contributed by atoms with van der Waals surface area (Å²) in [4.78, 5) is 12.6. The Hall–Kier alpha value is -3.16. The minimum atomic E-state index is -0.684. The zero-order valence-electron chi connectivity index (χ0n) is 19.5. The van der Waals surface area contributed by atoms with Gasteiger partial charge in [0.1, 0.15) is 11.2 Å².